The molecule has 3 aromatic rings. The van der Waals surface area contributed by atoms with Crippen LogP contribution in [0.3, 0.4) is 0 Å². The number of hydrogen-bond acceptors (Lipinski definition) is 4. The molecular formula is C26H25N3O3. The number of carbonyl (C=O) groups excluding carboxylic acids is 2. The van der Waals surface area contributed by atoms with Gasteiger partial charge in [0.25, 0.3) is 5.91 Å². The van der Waals surface area contributed by atoms with Crippen LogP contribution in [0, 0.1) is 23.7 Å². The van der Waals surface area contributed by atoms with Crippen molar-refractivity contribution < 1.29 is 14.0 Å². The van der Waals surface area contributed by atoms with Crippen LogP contribution < -0.4 is 5.32 Å². The lowest BCUT2D eigenvalue weighted by Crippen LogP contribution is -2.41. The van der Waals surface area contributed by atoms with Crippen molar-refractivity contribution >= 4 is 22.8 Å². The van der Waals surface area contributed by atoms with E-state index in [0.717, 1.165) is 48.9 Å². The molecule has 1 aliphatic carbocycles. The minimum Gasteiger partial charge on any atom is -0.449 e. The summed E-state index contributed by atoms with van der Waals surface area (Å²) in [6.45, 7) is 2.16. The largest absolute Gasteiger partial charge is 0.449 e. The average molecular weight is 428 g/mol. The maximum Gasteiger partial charge on any atom is 0.287 e. The van der Waals surface area contributed by atoms with E-state index in [1.165, 1.54) is 0 Å². The van der Waals surface area contributed by atoms with E-state index < -0.39 is 0 Å². The van der Waals surface area contributed by atoms with Gasteiger partial charge in [0.05, 0.1) is 12.6 Å². The van der Waals surface area contributed by atoms with Crippen molar-refractivity contribution in [3.63, 3.8) is 0 Å². The standard InChI is InChI=1S/C26H25N3O3/c1-2-18-5-3-4-6-19(18)14-24(30)29-11-8-26(9-12-29)15-21(26)16-28-25(31)22-13-20-7-10-27-17-23(20)32-22/h1,3-7,10,13,17,21H,8-9,11-12,14-16H2,(H,28,31). The average Bonchev–Trinajstić information content (AvgIpc) is 3.29. The van der Waals surface area contributed by atoms with Gasteiger partial charge in [0.1, 0.15) is 0 Å². The van der Waals surface area contributed by atoms with Gasteiger partial charge in [-0.3, -0.25) is 14.6 Å². The third-order valence-electron chi connectivity index (χ3n) is 7.04. The van der Waals surface area contributed by atoms with Gasteiger partial charge in [-0.15, -0.1) is 6.42 Å². The number of hydrogen-bond donors (Lipinski definition) is 1. The molecule has 2 aliphatic rings. The molecule has 1 unspecified atom stereocenters. The zero-order chi connectivity index (χ0) is 22.1. The van der Waals surface area contributed by atoms with Crippen molar-refractivity contribution in [1.82, 2.24) is 15.2 Å². The van der Waals surface area contributed by atoms with Crippen molar-refractivity contribution in [3.8, 4) is 12.3 Å². The lowest BCUT2D eigenvalue weighted by atomic mass is 9.90. The highest BCUT2D eigenvalue weighted by molar-refractivity contribution is 5.95. The van der Waals surface area contributed by atoms with E-state index in [4.69, 9.17) is 10.8 Å². The Bertz CT molecular complexity index is 1180. The van der Waals surface area contributed by atoms with Crippen LogP contribution in [0.25, 0.3) is 11.0 Å². The molecule has 2 aromatic heterocycles. The minimum atomic E-state index is -0.192. The SMILES string of the molecule is C#Cc1ccccc1CC(=O)N1CCC2(CC1)CC2CNC(=O)c1cc2ccncc2o1. The summed E-state index contributed by atoms with van der Waals surface area (Å²) in [5.41, 5.74) is 2.56. The lowest BCUT2D eigenvalue weighted by Gasteiger charge is -2.33. The topological polar surface area (TPSA) is 75.4 Å². The van der Waals surface area contributed by atoms with Crippen LogP contribution >= 0.6 is 0 Å². The van der Waals surface area contributed by atoms with Crippen molar-refractivity contribution in [2.24, 2.45) is 11.3 Å². The monoisotopic (exact) mass is 427 g/mol. The Morgan fingerprint density at radius 2 is 2.06 bits per heavy atom. The van der Waals surface area contributed by atoms with Crippen molar-refractivity contribution in [2.45, 2.75) is 25.7 Å². The number of carbonyl (C=O) groups is 2. The van der Waals surface area contributed by atoms with Crippen LogP contribution in [-0.4, -0.2) is 41.3 Å². The van der Waals surface area contributed by atoms with Crippen LogP contribution in [0.1, 0.15) is 40.9 Å². The number of terminal acetylenes is 1. The van der Waals surface area contributed by atoms with Gasteiger partial charge in [0, 0.05) is 36.8 Å². The third kappa shape index (κ3) is 3.87. The van der Waals surface area contributed by atoms with Gasteiger partial charge in [-0.25, -0.2) is 0 Å². The van der Waals surface area contributed by atoms with Crippen molar-refractivity contribution in [3.05, 3.63) is 65.7 Å². The lowest BCUT2D eigenvalue weighted by molar-refractivity contribution is -0.132. The fraction of sp³-hybridized carbons (Fsp3) is 0.346. The van der Waals surface area contributed by atoms with E-state index in [1.54, 1.807) is 18.5 Å². The van der Waals surface area contributed by atoms with Crippen molar-refractivity contribution in [1.29, 1.82) is 0 Å². The number of fused-ring (bicyclic) bond motifs is 1. The maximum atomic E-state index is 12.8. The van der Waals surface area contributed by atoms with E-state index in [2.05, 4.69) is 16.2 Å². The Hall–Kier alpha value is -3.59. The zero-order valence-corrected chi connectivity index (χ0v) is 17.8. The molecule has 2 fully saturated rings. The Labute approximate surface area is 187 Å². The highest BCUT2D eigenvalue weighted by Crippen LogP contribution is 2.59. The van der Waals surface area contributed by atoms with Gasteiger partial charge in [0.15, 0.2) is 11.3 Å². The Balaban J connectivity index is 1.11. The summed E-state index contributed by atoms with van der Waals surface area (Å²) in [5, 5.41) is 3.89. The summed E-state index contributed by atoms with van der Waals surface area (Å²) < 4.78 is 5.59. The number of aromatic nitrogens is 1. The molecule has 1 N–H and O–H groups in total. The predicted molar refractivity (Wildman–Crippen MR) is 121 cm³/mol. The van der Waals surface area contributed by atoms with Gasteiger partial charge in [-0.1, -0.05) is 24.1 Å². The highest BCUT2D eigenvalue weighted by Gasteiger charge is 2.54. The second-order valence-corrected chi connectivity index (χ2v) is 8.86. The number of piperidine rings is 1. The number of nitrogens with zero attached hydrogens (tertiary/aromatic N) is 2. The molecule has 1 atom stereocenters. The Kier molecular flexibility index (Phi) is 5.18. The quantitative estimate of drug-likeness (QED) is 0.633. The number of amides is 2. The van der Waals surface area contributed by atoms with E-state index in [0.29, 0.717) is 30.2 Å². The first-order chi connectivity index (χ1) is 15.6. The molecule has 0 radical (unpaired) electrons. The van der Waals surface area contributed by atoms with Gasteiger partial charge in [-0.2, -0.15) is 0 Å². The van der Waals surface area contributed by atoms with Gasteiger partial charge in [0.2, 0.25) is 5.91 Å². The van der Waals surface area contributed by atoms with E-state index >= 15 is 0 Å². The number of nitrogens with one attached hydrogen (secondary N) is 1. The van der Waals surface area contributed by atoms with E-state index in [-0.39, 0.29) is 17.2 Å². The fourth-order valence-corrected chi connectivity index (χ4v) is 4.92. The number of furan rings is 1. The first kappa shape index (κ1) is 20.3. The van der Waals surface area contributed by atoms with Crippen LogP contribution in [0.5, 0.6) is 0 Å². The molecule has 0 bridgehead atoms. The van der Waals surface area contributed by atoms with E-state index in [1.807, 2.05) is 35.2 Å². The number of likely N-dealkylation sites (tertiary alicyclic amines) is 1. The number of benzene rings is 1. The van der Waals surface area contributed by atoms with Gasteiger partial charge >= 0.3 is 0 Å². The van der Waals surface area contributed by atoms with Crippen LogP contribution in [-0.2, 0) is 11.2 Å². The summed E-state index contributed by atoms with van der Waals surface area (Å²) in [7, 11) is 0. The van der Waals surface area contributed by atoms with Crippen LogP contribution in [0.4, 0.5) is 0 Å². The van der Waals surface area contributed by atoms with Gasteiger partial charge < -0.3 is 14.6 Å². The fourth-order valence-electron chi connectivity index (χ4n) is 4.92. The first-order valence-corrected chi connectivity index (χ1v) is 11.0. The maximum absolute atomic E-state index is 12.8. The molecule has 1 aromatic carbocycles. The Morgan fingerprint density at radius 1 is 1.25 bits per heavy atom. The molecule has 1 saturated carbocycles. The summed E-state index contributed by atoms with van der Waals surface area (Å²) in [5.74, 6) is 3.37. The summed E-state index contributed by atoms with van der Waals surface area (Å²) >= 11 is 0. The molecule has 162 valence electrons. The zero-order valence-electron chi connectivity index (χ0n) is 17.8. The number of rotatable bonds is 5. The molecule has 1 saturated heterocycles. The Morgan fingerprint density at radius 3 is 2.84 bits per heavy atom. The minimum absolute atomic E-state index is 0.132. The predicted octanol–water partition coefficient (Wildman–Crippen LogP) is 3.41. The molecule has 6 heteroatoms. The van der Waals surface area contributed by atoms with Crippen LogP contribution in [0.15, 0.2) is 53.2 Å². The summed E-state index contributed by atoms with van der Waals surface area (Å²) in [4.78, 5) is 31.2. The normalized spacial score (nSPS) is 19.0. The molecule has 1 aliphatic heterocycles. The molecule has 1 spiro atoms. The van der Waals surface area contributed by atoms with Crippen molar-refractivity contribution in [2.75, 3.05) is 19.6 Å². The third-order valence-corrected chi connectivity index (χ3v) is 7.04. The summed E-state index contributed by atoms with van der Waals surface area (Å²) in [6, 6.07) is 11.2. The molecule has 3 heterocycles. The summed E-state index contributed by atoms with van der Waals surface area (Å²) in [6.07, 6.45) is 12.2. The highest BCUT2D eigenvalue weighted by atomic mass is 16.3. The molecular weight excluding hydrogens is 402 g/mol. The number of pyridine rings is 1. The first-order valence-electron chi connectivity index (χ1n) is 11.0. The molecule has 32 heavy (non-hydrogen) atoms. The molecule has 2 amide bonds. The molecule has 6 nitrogen and oxygen atoms in total. The second kappa shape index (κ2) is 8.16. The molecule has 5 rings (SSSR count). The smallest absolute Gasteiger partial charge is 0.287 e. The van der Waals surface area contributed by atoms with Crippen LogP contribution in [0.2, 0.25) is 0 Å². The van der Waals surface area contributed by atoms with E-state index in [9.17, 15) is 9.59 Å². The van der Waals surface area contributed by atoms with Gasteiger partial charge in [-0.05, 0) is 54.4 Å². The second-order valence-electron chi connectivity index (χ2n) is 8.86.